The van der Waals surface area contributed by atoms with Crippen LogP contribution in [0.25, 0.3) is 11.0 Å². The molecular weight excluding hydrogens is 328 g/mol. The van der Waals surface area contributed by atoms with E-state index in [2.05, 4.69) is 10.3 Å². The molecule has 0 bridgehead atoms. The number of piperidine rings is 1. The number of benzene rings is 1. The highest BCUT2D eigenvalue weighted by molar-refractivity contribution is 5.84. The van der Waals surface area contributed by atoms with Crippen molar-refractivity contribution in [3.63, 3.8) is 0 Å². The van der Waals surface area contributed by atoms with Gasteiger partial charge in [-0.2, -0.15) is 0 Å². The van der Waals surface area contributed by atoms with Crippen molar-refractivity contribution in [2.24, 2.45) is 11.3 Å². The summed E-state index contributed by atoms with van der Waals surface area (Å²) in [5, 5.41) is 3.03. The number of carbonyl (C=O) groups excluding carboxylic acids is 2. The molecule has 0 unspecified atom stereocenters. The number of para-hydroxylation sites is 2. The summed E-state index contributed by atoms with van der Waals surface area (Å²) in [5.74, 6) is 0.0512. The fourth-order valence-corrected chi connectivity index (χ4v) is 3.48. The number of nitrogens with one attached hydrogen (secondary N) is 1. The molecule has 1 aliphatic rings. The molecule has 0 radical (unpaired) electrons. The first-order valence-electron chi connectivity index (χ1n) is 9.33. The molecule has 140 valence electrons. The van der Waals surface area contributed by atoms with Crippen molar-refractivity contribution in [3.05, 3.63) is 30.6 Å². The number of imidazole rings is 1. The summed E-state index contributed by atoms with van der Waals surface area (Å²) in [6, 6.07) is 7.96. The van der Waals surface area contributed by atoms with Crippen LogP contribution in [0.15, 0.2) is 30.6 Å². The van der Waals surface area contributed by atoms with Crippen molar-refractivity contribution in [2.45, 2.75) is 40.2 Å². The second-order valence-electron chi connectivity index (χ2n) is 8.06. The normalized spacial score (nSPS) is 18.1. The third-order valence-electron chi connectivity index (χ3n) is 4.90. The summed E-state index contributed by atoms with van der Waals surface area (Å²) < 4.78 is 2.05. The molecule has 2 aromatic rings. The van der Waals surface area contributed by atoms with E-state index in [1.807, 2.05) is 54.5 Å². The highest BCUT2D eigenvalue weighted by Gasteiger charge is 2.33. The summed E-state index contributed by atoms with van der Waals surface area (Å²) in [4.78, 5) is 31.2. The Labute approximate surface area is 154 Å². The quantitative estimate of drug-likeness (QED) is 0.915. The molecule has 6 nitrogen and oxygen atoms in total. The van der Waals surface area contributed by atoms with Gasteiger partial charge in [0.2, 0.25) is 11.8 Å². The number of rotatable bonds is 4. The fraction of sp³-hybridized carbons (Fsp3) is 0.550. The van der Waals surface area contributed by atoms with E-state index in [1.165, 1.54) is 0 Å². The summed E-state index contributed by atoms with van der Waals surface area (Å²) in [5.41, 5.74) is 1.63. The van der Waals surface area contributed by atoms with E-state index < -0.39 is 5.41 Å². The molecule has 1 aliphatic heterocycles. The fourth-order valence-electron chi connectivity index (χ4n) is 3.48. The number of likely N-dealkylation sites (tertiary alicyclic amines) is 1. The van der Waals surface area contributed by atoms with Crippen molar-refractivity contribution in [1.29, 1.82) is 0 Å². The van der Waals surface area contributed by atoms with Gasteiger partial charge in [-0.05, 0) is 25.0 Å². The van der Waals surface area contributed by atoms with Crippen LogP contribution in [0, 0.1) is 11.3 Å². The molecule has 1 atom stereocenters. The summed E-state index contributed by atoms with van der Waals surface area (Å²) in [6.07, 6.45) is 3.53. The van der Waals surface area contributed by atoms with E-state index in [4.69, 9.17) is 0 Å². The average Bonchev–Trinajstić information content (AvgIpc) is 3.03. The Kier molecular flexibility index (Phi) is 5.30. The maximum absolute atomic E-state index is 12.5. The molecule has 1 saturated heterocycles. The standard InChI is InChI=1S/C20H28N4O2/c1-20(2,3)19(26)23-11-6-7-15(13-23)18(25)21-10-12-24-14-22-16-8-4-5-9-17(16)24/h4-5,8-9,14-15H,6-7,10-13H2,1-3H3,(H,21,25)/t15-/m0/s1. The molecule has 26 heavy (non-hydrogen) atoms. The zero-order valence-corrected chi connectivity index (χ0v) is 15.9. The van der Waals surface area contributed by atoms with Crippen LogP contribution in [0.2, 0.25) is 0 Å². The summed E-state index contributed by atoms with van der Waals surface area (Å²) >= 11 is 0. The maximum Gasteiger partial charge on any atom is 0.227 e. The molecule has 0 aliphatic carbocycles. The van der Waals surface area contributed by atoms with Gasteiger partial charge in [-0.3, -0.25) is 9.59 Å². The molecular formula is C20H28N4O2. The van der Waals surface area contributed by atoms with Gasteiger partial charge in [0.1, 0.15) is 0 Å². The van der Waals surface area contributed by atoms with Gasteiger partial charge in [0, 0.05) is 31.6 Å². The number of hydrogen-bond donors (Lipinski definition) is 1. The largest absolute Gasteiger partial charge is 0.354 e. The van der Waals surface area contributed by atoms with Crippen molar-refractivity contribution >= 4 is 22.8 Å². The highest BCUT2D eigenvalue weighted by atomic mass is 16.2. The molecule has 1 aromatic heterocycles. The van der Waals surface area contributed by atoms with Crippen LogP contribution in [-0.2, 0) is 16.1 Å². The van der Waals surface area contributed by atoms with Crippen LogP contribution in [0.3, 0.4) is 0 Å². The second-order valence-corrected chi connectivity index (χ2v) is 8.06. The summed E-state index contributed by atoms with van der Waals surface area (Å²) in [6.45, 7) is 8.29. The Morgan fingerprint density at radius 2 is 2.04 bits per heavy atom. The lowest BCUT2D eigenvalue weighted by atomic mass is 9.91. The monoisotopic (exact) mass is 356 g/mol. The van der Waals surface area contributed by atoms with Gasteiger partial charge in [-0.1, -0.05) is 32.9 Å². The van der Waals surface area contributed by atoms with E-state index in [9.17, 15) is 9.59 Å². The third-order valence-corrected chi connectivity index (χ3v) is 4.90. The number of hydrogen-bond acceptors (Lipinski definition) is 3. The molecule has 3 rings (SSSR count). The van der Waals surface area contributed by atoms with Gasteiger partial charge in [0.15, 0.2) is 0 Å². The van der Waals surface area contributed by atoms with Crippen LogP contribution in [0.1, 0.15) is 33.6 Å². The van der Waals surface area contributed by atoms with Gasteiger partial charge in [-0.25, -0.2) is 4.98 Å². The Morgan fingerprint density at radius 3 is 2.81 bits per heavy atom. The first-order valence-corrected chi connectivity index (χ1v) is 9.33. The van der Waals surface area contributed by atoms with Crippen LogP contribution < -0.4 is 5.32 Å². The Hall–Kier alpha value is -2.37. The number of carbonyl (C=O) groups is 2. The van der Waals surface area contributed by atoms with E-state index >= 15 is 0 Å². The van der Waals surface area contributed by atoms with Gasteiger partial charge in [0.05, 0.1) is 23.3 Å². The van der Waals surface area contributed by atoms with Gasteiger partial charge in [-0.15, -0.1) is 0 Å². The van der Waals surface area contributed by atoms with Crippen LogP contribution in [0.5, 0.6) is 0 Å². The van der Waals surface area contributed by atoms with Crippen molar-refractivity contribution in [2.75, 3.05) is 19.6 Å². The molecule has 2 amide bonds. The van der Waals surface area contributed by atoms with Crippen molar-refractivity contribution in [3.8, 4) is 0 Å². The molecule has 2 heterocycles. The Balaban J connectivity index is 1.52. The first-order chi connectivity index (χ1) is 12.4. The van der Waals surface area contributed by atoms with E-state index in [1.54, 1.807) is 6.33 Å². The summed E-state index contributed by atoms with van der Waals surface area (Å²) in [7, 11) is 0. The minimum Gasteiger partial charge on any atom is -0.354 e. The third kappa shape index (κ3) is 4.06. The Morgan fingerprint density at radius 1 is 1.27 bits per heavy atom. The number of nitrogens with zero attached hydrogens (tertiary/aromatic N) is 3. The average molecular weight is 356 g/mol. The van der Waals surface area contributed by atoms with E-state index in [0.29, 0.717) is 19.6 Å². The predicted molar refractivity (Wildman–Crippen MR) is 102 cm³/mol. The van der Waals surface area contributed by atoms with E-state index in [-0.39, 0.29) is 17.7 Å². The zero-order valence-electron chi connectivity index (χ0n) is 15.9. The SMILES string of the molecule is CC(C)(C)C(=O)N1CCC[C@H](C(=O)NCCn2cnc3ccccc32)C1. The molecule has 1 aromatic carbocycles. The lowest BCUT2D eigenvalue weighted by Crippen LogP contribution is -2.49. The highest BCUT2D eigenvalue weighted by Crippen LogP contribution is 2.23. The van der Waals surface area contributed by atoms with E-state index in [0.717, 1.165) is 30.4 Å². The Bertz CT molecular complexity index is 790. The van der Waals surface area contributed by atoms with Gasteiger partial charge >= 0.3 is 0 Å². The van der Waals surface area contributed by atoms with Gasteiger partial charge in [0.25, 0.3) is 0 Å². The molecule has 0 saturated carbocycles. The van der Waals surface area contributed by atoms with Crippen molar-refractivity contribution in [1.82, 2.24) is 19.8 Å². The minimum atomic E-state index is -0.402. The lowest BCUT2D eigenvalue weighted by Gasteiger charge is -2.35. The van der Waals surface area contributed by atoms with Gasteiger partial charge < -0.3 is 14.8 Å². The predicted octanol–water partition coefficient (Wildman–Crippen LogP) is 2.44. The molecule has 6 heteroatoms. The molecule has 0 spiro atoms. The van der Waals surface area contributed by atoms with Crippen LogP contribution >= 0.6 is 0 Å². The second kappa shape index (κ2) is 7.48. The van der Waals surface area contributed by atoms with Crippen LogP contribution in [-0.4, -0.2) is 45.9 Å². The zero-order chi connectivity index (χ0) is 18.7. The number of amides is 2. The number of fused-ring (bicyclic) bond motifs is 1. The molecule has 1 N–H and O–H groups in total. The lowest BCUT2D eigenvalue weighted by molar-refractivity contribution is -0.142. The number of aromatic nitrogens is 2. The maximum atomic E-state index is 12.5. The topological polar surface area (TPSA) is 67.2 Å². The minimum absolute atomic E-state index is 0.0424. The van der Waals surface area contributed by atoms with Crippen LogP contribution in [0.4, 0.5) is 0 Å². The van der Waals surface area contributed by atoms with Crippen molar-refractivity contribution < 1.29 is 9.59 Å². The smallest absolute Gasteiger partial charge is 0.227 e. The molecule has 1 fully saturated rings. The first kappa shape index (κ1) is 18.4.